The molecule has 1 heterocycles. The van der Waals surface area contributed by atoms with Gasteiger partial charge in [0.1, 0.15) is 0 Å². The predicted molar refractivity (Wildman–Crippen MR) is 103 cm³/mol. The first kappa shape index (κ1) is 25.9. The molecule has 0 bridgehead atoms. The molecule has 0 fully saturated rings. The van der Waals surface area contributed by atoms with E-state index in [2.05, 4.69) is 32.7 Å². The molecule has 0 saturated heterocycles. The van der Waals surface area contributed by atoms with Crippen molar-refractivity contribution in [2.45, 2.75) is 79.1 Å². The summed E-state index contributed by atoms with van der Waals surface area (Å²) in [6.45, 7) is 15.0. The number of nitrogens with zero attached hydrogens (tertiary/aromatic N) is 3. The van der Waals surface area contributed by atoms with Crippen LogP contribution in [0.2, 0.25) is 0 Å². The lowest BCUT2D eigenvalue weighted by molar-refractivity contribution is -0.929. The summed E-state index contributed by atoms with van der Waals surface area (Å²) in [4.78, 5) is 3.78. The van der Waals surface area contributed by atoms with E-state index in [-0.39, 0.29) is 17.0 Å². The average Bonchev–Trinajstić information content (AvgIpc) is 3.05. The highest BCUT2D eigenvalue weighted by Crippen LogP contribution is 2.16. The minimum absolute atomic E-state index is 0. The van der Waals surface area contributed by atoms with Gasteiger partial charge in [0.05, 0.1) is 32.5 Å². The van der Waals surface area contributed by atoms with Crippen LogP contribution in [-0.4, -0.2) is 40.2 Å². The van der Waals surface area contributed by atoms with E-state index in [1.54, 1.807) is 12.5 Å². The lowest BCUT2D eigenvalue weighted by atomic mass is 10.1. The second-order valence-corrected chi connectivity index (χ2v) is 6.88. The van der Waals surface area contributed by atoms with E-state index in [1.165, 1.54) is 82.0 Å². The largest absolute Gasteiger partial charge is 1.00 e. The third-order valence-corrected chi connectivity index (χ3v) is 4.58. The zero-order chi connectivity index (χ0) is 17.4. The van der Waals surface area contributed by atoms with Crippen molar-refractivity contribution in [2.75, 3.05) is 26.2 Å². The average molecular weight is 404 g/mol. The lowest BCUT2D eigenvalue weighted by Crippen LogP contribution is -3.00. The quantitative estimate of drug-likeness (QED) is 0.490. The van der Waals surface area contributed by atoms with E-state index in [1.807, 2.05) is 17.8 Å². The molecule has 0 spiro atoms. The normalized spacial score (nSPS) is 10.7. The van der Waals surface area contributed by atoms with Gasteiger partial charge in [-0.05, 0) is 25.7 Å². The topological polar surface area (TPSA) is 17.8 Å². The molecule has 0 aliphatic carbocycles. The van der Waals surface area contributed by atoms with Crippen LogP contribution in [0.15, 0.2) is 18.7 Å². The van der Waals surface area contributed by atoms with Crippen molar-refractivity contribution in [3.05, 3.63) is 18.7 Å². The minimum atomic E-state index is 0. The van der Waals surface area contributed by atoms with Gasteiger partial charge >= 0.3 is 0 Å². The maximum absolute atomic E-state index is 3.78. The summed E-state index contributed by atoms with van der Waals surface area (Å²) in [6, 6.07) is 0. The van der Waals surface area contributed by atoms with Crippen LogP contribution in [0.25, 0.3) is 0 Å². The molecular formula is C20H42BrN3. The summed E-state index contributed by atoms with van der Waals surface area (Å²) in [6.07, 6.45) is 16.5. The zero-order valence-corrected chi connectivity index (χ0v) is 18.5. The molecule has 0 atom stereocenters. The number of rotatable bonds is 12. The number of hydrogen-bond acceptors (Lipinski definition) is 1. The SMILES string of the molecule is CCCC[N+](CCCC)(CCCC)CCCC.Cn1ccnc1.[Br-]. The molecule has 144 valence electrons. The van der Waals surface area contributed by atoms with Crippen molar-refractivity contribution < 1.29 is 21.5 Å². The van der Waals surface area contributed by atoms with Gasteiger partial charge in [0.25, 0.3) is 0 Å². The van der Waals surface area contributed by atoms with Gasteiger partial charge in [-0.1, -0.05) is 53.4 Å². The summed E-state index contributed by atoms with van der Waals surface area (Å²) < 4.78 is 3.31. The third kappa shape index (κ3) is 13.0. The number of unbranched alkanes of at least 4 members (excludes halogenated alkanes) is 4. The Bertz CT molecular complexity index is 301. The van der Waals surface area contributed by atoms with E-state index >= 15 is 0 Å². The van der Waals surface area contributed by atoms with Crippen LogP contribution in [0.4, 0.5) is 0 Å². The van der Waals surface area contributed by atoms with Gasteiger partial charge in [-0.3, -0.25) is 0 Å². The van der Waals surface area contributed by atoms with Gasteiger partial charge in [0, 0.05) is 19.4 Å². The molecule has 0 radical (unpaired) electrons. The van der Waals surface area contributed by atoms with E-state index in [4.69, 9.17) is 0 Å². The lowest BCUT2D eigenvalue weighted by Gasteiger charge is -2.39. The summed E-state index contributed by atoms with van der Waals surface area (Å²) in [5, 5.41) is 0. The molecule has 0 aliphatic heterocycles. The second kappa shape index (κ2) is 17.5. The summed E-state index contributed by atoms with van der Waals surface area (Å²) >= 11 is 0. The first-order valence-corrected chi connectivity index (χ1v) is 9.91. The monoisotopic (exact) mass is 403 g/mol. The third-order valence-electron chi connectivity index (χ3n) is 4.58. The summed E-state index contributed by atoms with van der Waals surface area (Å²) in [5.41, 5.74) is 0. The highest BCUT2D eigenvalue weighted by Gasteiger charge is 2.24. The van der Waals surface area contributed by atoms with Gasteiger partial charge in [0.2, 0.25) is 0 Å². The Kier molecular flexibility index (Phi) is 18.8. The maximum Gasteiger partial charge on any atom is 0.0943 e. The van der Waals surface area contributed by atoms with Crippen molar-refractivity contribution in [2.24, 2.45) is 7.05 Å². The van der Waals surface area contributed by atoms with E-state index in [9.17, 15) is 0 Å². The molecule has 0 amide bonds. The van der Waals surface area contributed by atoms with Crippen LogP contribution in [0.3, 0.4) is 0 Å². The highest BCUT2D eigenvalue weighted by atomic mass is 79.9. The standard InChI is InChI=1S/C16H36N.C4H6N2.BrH/c1-5-9-13-17(14-10-6-2,15-11-7-3)16-12-8-4;1-6-3-2-5-4-6;/h5-16H2,1-4H3;2-4H,1H3;1H/q+1;;/p-1. The van der Waals surface area contributed by atoms with Crippen LogP contribution in [-0.2, 0) is 7.05 Å². The molecule has 1 rings (SSSR count). The first-order chi connectivity index (χ1) is 11.1. The van der Waals surface area contributed by atoms with Crippen LogP contribution < -0.4 is 17.0 Å². The molecule has 0 aliphatic rings. The first-order valence-electron chi connectivity index (χ1n) is 9.91. The Labute approximate surface area is 162 Å². The fourth-order valence-electron chi connectivity index (χ4n) is 2.97. The molecular weight excluding hydrogens is 362 g/mol. The minimum Gasteiger partial charge on any atom is -1.00 e. The molecule has 24 heavy (non-hydrogen) atoms. The molecule has 0 saturated carbocycles. The number of halogens is 1. The van der Waals surface area contributed by atoms with Gasteiger partial charge in [-0.25, -0.2) is 4.98 Å². The molecule has 1 aromatic rings. The number of aromatic nitrogens is 2. The molecule has 0 N–H and O–H groups in total. The zero-order valence-electron chi connectivity index (χ0n) is 16.9. The fraction of sp³-hybridized carbons (Fsp3) is 0.850. The maximum atomic E-state index is 3.78. The molecule has 4 heteroatoms. The van der Waals surface area contributed by atoms with Crippen molar-refractivity contribution in [1.82, 2.24) is 9.55 Å². The Morgan fingerprint density at radius 1 is 0.750 bits per heavy atom. The van der Waals surface area contributed by atoms with Gasteiger partial charge in [0.15, 0.2) is 0 Å². The van der Waals surface area contributed by atoms with E-state index in [0.29, 0.717) is 0 Å². The van der Waals surface area contributed by atoms with E-state index < -0.39 is 0 Å². The number of aryl methyl sites for hydroxylation is 1. The van der Waals surface area contributed by atoms with Gasteiger partial charge in [-0.2, -0.15) is 0 Å². The predicted octanol–water partition coefficient (Wildman–Crippen LogP) is 2.43. The van der Waals surface area contributed by atoms with Crippen LogP contribution >= 0.6 is 0 Å². The van der Waals surface area contributed by atoms with Crippen LogP contribution in [0.5, 0.6) is 0 Å². The van der Waals surface area contributed by atoms with Crippen molar-refractivity contribution in [1.29, 1.82) is 0 Å². The number of quaternary nitrogens is 1. The number of imidazole rings is 1. The molecule has 0 unspecified atom stereocenters. The highest BCUT2D eigenvalue weighted by molar-refractivity contribution is 4.70. The van der Waals surface area contributed by atoms with Crippen molar-refractivity contribution in [3.8, 4) is 0 Å². The summed E-state index contributed by atoms with van der Waals surface area (Å²) in [7, 11) is 1.94. The van der Waals surface area contributed by atoms with Crippen molar-refractivity contribution in [3.63, 3.8) is 0 Å². The fourth-order valence-corrected chi connectivity index (χ4v) is 2.97. The Hall–Kier alpha value is -0.350. The molecule has 3 nitrogen and oxygen atoms in total. The molecule has 1 aromatic heterocycles. The van der Waals surface area contributed by atoms with Gasteiger partial charge in [-0.15, -0.1) is 0 Å². The number of hydrogen-bond donors (Lipinski definition) is 0. The van der Waals surface area contributed by atoms with Crippen LogP contribution in [0, 0.1) is 0 Å². The Morgan fingerprint density at radius 3 is 1.29 bits per heavy atom. The molecule has 0 aromatic carbocycles. The van der Waals surface area contributed by atoms with E-state index in [0.717, 1.165) is 0 Å². The van der Waals surface area contributed by atoms with Crippen molar-refractivity contribution >= 4 is 0 Å². The Morgan fingerprint density at radius 2 is 1.12 bits per heavy atom. The smallest absolute Gasteiger partial charge is 0.0943 e. The summed E-state index contributed by atoms with van der Waals surface area (Å²) in [5.74, 6) is 0. The second-order valence-electron chi connectivity index (χ2n) is 6.88. The Balaban J connectivity index is 0. The van der Waals surface area contributed by atoms with Crippen LogP contribution in [0.1, 0.15) is 79.1 Å². The van der Waals surface area contributed by atoms with Gasteiger partial charge < -0.3 is 26.0 Å².